The second-order valence-corrected chi connectivity index (χ2v) is 8.34. The Morgan fingerprint density at radius 3 is 2.31 bits per heavy atom. The molecule has 1 saturated heterocycles. The zero-order chi connectivity index (χ0) is 22.7. The number of amidine groups is 1. The summed E-state index contributed by atoms with van der Waals surface area (Å²) < 4.78 is 10.8. The third-order valence-corrected chi connectivity index (χ3v) is 6.19. The maximum absolute atomic E-state index is 13.6. The first-order chi connectivity index (χ1) is 15.5. The van der Waals surface area contributed by atoms with Gasteiger partial charge in [0.2, 0.25) is 0 Å². The molecule has 1 aliphatic rings. The number of hydrogen-bond acceptors (Lipinski definition) is 5. The van der Waals surface area contributed by atoms with E-state index in [1.807, 2.05) is 86.7 Å². The fourth-order valence-electron chi connectivity index (χ4n) is 3.46. The van der Waals surface area contributed by atoms with Crippen LogP contribution in [0.3, 0.4) is 0 Å². The number of carbonyl (C=O) groups excluding carboxylic acids is 1. The Balaban J connectivity index is 1.84. The number of carbonyl (C=O) groups is 1. The summed E-state index contributed by atoms with van der Waals surface area (Å²) >= 11 is 1.35. The van der Waals surface area contributed by atoms with Crippen LogP contribution >= 0.6 is 11.8 Å². The van der Waals surface area contributed by atoms with Gasteiger partial charge in [0, 0.05) is 5.56 Å². The number of benzene rings is 3. The molecule has 0 aliphatic carbocycles. The van der Waals surface area contributed by atoms with Crippen LogP contribution in [0.4, 0.5) is 11.4 Å². The Morgan fingerprint density at radius 2 is 1.62 bits per heavy atom. The summed E-state index contributed by atoms with van der Waals surface area (Å²) in [6, 6.07) is 21.2. The van der Waals surface area contributed by atoms with Gasteiger partial charge in [0.25, 0.3) is 5.91 Å². The molecule has 0 radical (unpaired) electrons. The number of ether oxygens (including phenoxy) is 2. The van der Waals surface area contributed by atoms with Gasteiger partial charge in [-0.2, -0.15) is 0 Å². The van der Waals surface area contributed by atoms with E-state index in [0.29, 0.717) is 21.6 Å². The molecule has 32 heavy (non-hydrogen) atoms. The highest BCUT2D eigenvalue weighted by atomic mass is 32.2. The number of nitrogens with zero attached hydrogens (tertiary/aromatic N) is 2. The Labute approximate surface area is 192 Å². The molecule has 1 heterocycles. The molecule has 0 spiro atoms. The van der Waals surface area contributed by atoms with E-state index in [1.165, 1.54) is 11.8 Å². The highest BCUT2D eigenvalue weighted by molar-refractivity contribution is 8.19. The second-order valence-electron chi connectivity index (χ2n) is 7.33. The number of hydrogen-bond donors (Lipinski definition) is 0. The number of thioether (sulfide) groups is 1. The summed E-state index contributed by atoms with van der Waals surface area (Å²) in [6.07, 6.45) is 1.83. The SMILES string of the molecule is COc1ccc(OC)c(C=C2SC(=Nc3ccccc3C)N(c3ccccc3C)C2=O)c1. The van der Waals surface area contributed by atoms with Gasteiger partial charge in [0.1, 0.15) is 11.5 Å². The Bertz CT molecular complexity index is 1230. The molecule has 1 aliphatic heterocycles. The molecule has 1 amide bonds. The van der Waals surface area contributed by atoms with Crippen molar-refractivity contribution >= 4 is 40.3 Å². The van der Waals surface area contributed by atoms with Crippen molar-refractivity contribution in [2.24, 2.45) is 4.99 Å². The molecule has 3 aromatic carbocycles. The predicted molar refractivity (Wildman–Crippen MR) is 132 cm³/mol. The van der Waals surface area contributed by atoms with Crippen molar-refractivity contribution in [2.75, 3.05) is 19.1 Å². The van der Waals surface area contributed by atoms with E-state index in [9.17, 15) is 4.79 Å². The van der Waals surface area contributed by atoms with Crippen LogP contribution in [0.1, 0.15) is 16.7 Å². The molecule has 0 N–H and O–H groups in total. The maximum atomic E-state index is 13.6. The van der Waals surface area contributed by atoms with E-state index < -0.39 is 0 Å². The van der Waals surface area contributed by atoms with Crippen LogP contribution in [0, 0.1) is 13.8 Å². The number of aryl methyl sites for hydroxylation is 2. The fourth-order valence-corrected chi connectivity index (χ4v) is 4.44. The number of amides is 1. The second kappa shape index (κ2) is 9.32. The smallest absolute Gasteiger partial charge is 0.271 e. The monoisotopic (exact) mass is 444 g/mol. The number of aliphatic imine (C=N–C) groups is 1. The first-order valence-electron chi connectivity index (χ1n) is 10.2. The molecule has 1 fully saturated rings. The van der Waals surface area contributed by atoms with Crippen molar-refractivity contribution in [3.63, 3.8) is 0 Å². The summed E-state index contributed by atoms with van der Waals surface area (Å²) in [5, 5.41) is 0.617. The number of anilines is 1. The van der Waals surface area contributed by atoms with Crippen LogP contribution in [-0.2, 0) is 4.79 Å². The van der Waals surface area contributed by atoms with Crippen LogP contribution in [0.2, 0.25) is 0 Å². The molecule has 0 aromatic heterocycles. The maximum Gasteiger partial charge on any atom is 0.271 e. The third-order valence-electron chi connectivity index (χ3n) is 5.22. The molecule has 0 bridgehead atoms. The molecule has 5 nitrogen and oxygen atoms in total. The standard InChI is InChI=1S/C26H24N2O3S/c1-17-9-5-7-11-21(17)27-26-28(22-12-8-6-10-18(22)2)25(29)24(32-26)16-19-15-20(30-3)13-14-23(19)31-4/h5-16H,1-4H3. The Kier molecular flexibility index (Phi) is 6.32. The van der Waals surface area contributed by atoms with Gasteiger partial charge in [-0.3, -0.25) is 9.69 Å². The van der Waals surface area contributed by atoms with Gasteiger partial charge in [0.15, 0.2) is 5.17 Å². The minimum Gasteiger partial charge on any atom is -0.497 e. The summed E-state index contributed by atoms with van der Waals surface area (Å²) in [4.78, 5) is 20.7. The van der Waals surface area contributed by atoms with E-state index in [1.54, 1.807) is 19.1 Å². The van der Waals surface area contributed by atoms with Gasteiger partial charge < -0.3 is 9.47 Å². The predicted octanol–water partition coefficient (Wildman–Crippen LogP) is 6.13. The topological polar surface area (TPSA) is 51.1 Å². The van der Waals surface area contributed by atoms with E-state index >= 15 is 0 Å². The average molecular weight is 445 g/mol. The van der Waals surface area contributed by atoms with Crippen molar-refractivity contribution in [2.45, 2.75) is 13.8 Å². The minimum absolute atomic E-state index is 0.124. The molecular formula is C26H24N2O3S. The van der Waals surface area contributed by atoms with Gasteiger partial charge in [-0.15, -0.1) is 0 Å². The van der Waals surface area contributed by atoms with Crippen molar-refractivity contribution in [1.82, 2.24) is 0 Å². The molecule has 162 valence electrons. The van der Waals surface area contributed by atoms with Gasteiger partial charge in [-0.25, -0.2) is 4.99 Å². The lowest BCUT2D eigenvalue weighted by Gasteiger charge is -2.18. The van der Waals surface area contributed by atoms with Gasteiger partial charge in [0.05, 0.1) is 30.5 Å². The quantitative estimate of drug-likeness (QED) is 0.444. The highest BCUT2D eigenvalue weighted by Gasteiger charge is 2.35. The lowest BCUT2D eigenvalue weighted by Crippen LogP contribution is -2.29. The zero-order valence-electron chi connectivity index (χ0n) is 18.5. The first kappa shape index (κ1) is 21.7. The molecular weight excluding hydrogens is 420 g/mol. The summed E-state index contributed by atoms with van der Waals surface area (Å²) in [7, 11) is 3.22. The fraction of sp³-hybridized carbons (Fsp3) is 0.154. The van der Waals surface area contributed by atoms with Crippen LogP contribution < -0.4 is 14.4 Å². The molecule has 3 aromatic rings. The minimum atomic E-state index is -0.124. The van der Waals surface area contributed by atoms with E-state index in [0.717, 1.165) is 28.1 Å². The van der Waals surface area contributed by atoms with E-state index in [-0.39, 0.29) is 5.91 Å². The normalized spacial score (nSPS) is 16.1. The number of para-hydroxylation sites is 2. The number of methoxy groups -OCH3 is 2. The van der Waals surface area contributed by atoms with Crippen molar-refractivity contribution in [1.29, 1.82) is 0 Å². The summed E-state index contributed by atoms with van der Waals surface area (Å²) in [6.45, 7) is 4.00. The molecule has 6 heteroatoms. The van der Waals surface area contributed by atoms with Crippen LogP contribution in [0.15, 0.2) is 76.6 Å². The van der Waals surface area contributed by atoms with Crippen molar-refractivity contribution in [3.8, 4) is 11.5 Å². The van der Waals surface area contributed by atoms with E-state index in [2.05, 4.69) is 0 Å². The molecule has 0 atom stereocenters. The summed E-state index contributed by atoms with van der Waals surface area (Å²) in [5.41, 5.74) is 4.47. The van der Waals surface area contributed by atoms with E-state index in [4.69, 9.17) is 14.5 Å². The largest absolute Gasteiger partial charge is 0.497 e. The Morgan fingerprint density at radius 1 is 0.906 bits per heavy atom. The Hall–Kier alpha value is -3.51. The van der Waals surface area contributed by atoms with Crippen molar-refractivity contribution < 1.29 is 14.3 Å². The number of rotatable bonds is 5. The lowest BCUT2D eigenvalue weighted by atomic mass is 10.1. The molecule has 4 rings (SSSR count). The molecule has 0 saturated carbocycles. The molecule has 0 unspecified atom stereocenters. The average Bonchev–Trinajstić information content (AvgIpc) is 3.10. The van der Waals surface area contributed by atoms with Crippen LogP contribution in [0.5, 0.6) is 11.5 Å². The van der Waals surface area contributed by atoms with Crippen molar-refractivity contribution in [3.05, 3.63) is 88.3 Å². The lowest BCUT2D eigenvalue weighted by molar-refractivity contribution is -0.113. The van der Waals surface area contributed by atoms with Gasteiger partial charge in [-0.05, 0) is 73.1 Å². The summed E-state index contributed by atoms with van der Waals surface area (Å²) in [5.74, 6) is 1.23. The van der Waals surface area contributed by atoms with Crippen LogP contribution in [0.25, 0.3) is 6.08 Å². The van der Waals surface area contributed by atoms with Crippen LogP contribution in [-0.4, -0.2) is 25.3 Å². The zero-order valence-corrected chi connectivity index (χ0v) is 19.3. The van der Waals surface area contributed by atoms with Gasteiger partial charge >= 0.3 is 0 Å². The highest BCUT2D eigenvalue weighted by Crippen LogP contribution is 2.40. The first-order valence-corrected chi connectivity index (χ1v) is 11.0. The van der Waals surface area contributed by atoms with Gasteiger partial charge in [-0.1, -0.05) is 36.4 Å². The third kappa shape index (κ3) is 4.27.